The minimum absolute atomic E-state index is 0.721. The fourth-order valence-electron chi connectivity index (χ4n) is 2.24. The zero-order chi connectivity index (χ0) is 12.4. The summed E-state index contributed by atoms with van der Waals surface area (Å²) < 4.78 is 0. The summed E-state index contributed by atoms with van der Waals surface area (Å²) in [6.07, 6.45) is 7.78. The molecule has 0 fully saturated rings. The second kappa shape index (κ2) is 10.1. The van der Waals surface area contributed by atoms with Crippen LogP contribution in [-0.4, -0.2) is 31.1 Å². The fourth-order valence-corrected chi connectivity index (χ4v) is 2.24. The summed E-state index contributed by atoms with van der Waals surface area (Å²) in [7, 11) is 2.24. The van der Waals surface area contributed by atoms with Crippen molar-refractivity contribution in [2.75, 3.05) is 20.1 Å². The second-order valence-electron chi connectivity index (χ2n) is 5.11. The average molecular weight is 228 g/mol. The summed E-state index contributed by atoms with van der Waals surface area (Å²) in [5.74, 6) is 0.861. The third kappa shape index (κ3) is 7.24. The Kier molecular flexibility index (Phi) is 10.0. The van der Waals surface area contributed by atoms with Crippen molar-refractivity contribution in [3.8, 4) is 0 Å². The maximum Gasteiger partial charge on any atom is 0.00612 e. The lowest BCUT2D eigenvalue weighted by atomic mass is 9.94. The van der Waals surface area contributed by atoms with Crippen LogP contribution in [0.3, 0.4) is 0 Å². The van der Waals surface area contributed by atoms with Crippen LogP contribution in [0.15, 0.2) is 0 Å². The molecule has 98 valence electrons. The van der Waals surface area contributed by atoms with Crippen molar-refractivity contribution in [3.05, 3.63) is 0 Å². The summed E-state index contributed by atoms with van der Waals surface area (Å²) in [5.41, 5.74) is 5.65. The van der Waals surface area contributed by atoms with E-state index in [9.17, 15) is 0 Å². The van der Waals surface area contributed by atoms with Gasteiger partial charge in [-0.15, -0.1) is 0 Å². The van der Waals surface area contributed by atoms with Crippen LogP contribution in [0.2, 0.25) is 0 Å². The predicted molar refractivity (Wildman–Crippen MR) is 73.7 cm³/mol. The van der Waals surface area contributed by atoms with Crippen LogP contribution in [0.25, 0.3) is 0 Å². The van der Waals surface area contributed by atoms with Gasteiger partial charge in [0.2, 0.25) is 0 Å². The van der Waals surface area contributed by atoms with Gasteiger partial charge in [0.15, 0.2) is 0 Å². The summed E-state index contributed by atoms with van der Waals surface area (Å²) in [5, 5.41) is 0. The van der Waals surface area contributed by atoms with Crippen LogP contribution in [-0.2, 0) is 0 Å². The summed E-state index contributed by atoms with van der Waals surface area (Å²) in [6, 6.07) is 0.721. The van der Waals surface area contributed by atoms with Gasteiger partial charge in [0.1, 0.15) is 0 Å². The van der Waals surface area contributed by atoms with E-state index in [2.05, 4.69) is 32.7 Å². The standard InChI is InChI=1S/C14H32N2/c1-5-8-14(10-11-15)9-7-12-16(4)13(3)6-2/h13-14H,5-12,15H2,1-4H3. The van der Waals surface area contributed by atoms with Gasteiger partial charge in [-0.1, -0.05) is 26.7 Å². The first-order valence-electron chi connectivity index (χ1n) is 7.05. The van der Waals surface area contributed by atoms with E-state index in [0.29, 0.717) is 0 Å². The number of nitrogens with zero attached hydrogens (tertiary/aromatic N) is 1. The van der Waals surface area contributed by atoms with E-state index in [1.807, 2.05) is 0 Å². The molecule has 2 N–H and O–H groups in total. The van der Waals surface area contributed by atoms with Crippen LogP contribution >= 0.6 is 0 Å². The topological polar surface area (TPSA) is 29.3 Å². The lowest BCUT2D eigenvalue weighted by molar-refractivity contribution is 0.238. The smallest absolute Gasteiger partial charge is 0.00612 e. The Balaban J connectivity index is 3.67. The zero-order valence-corrected chi connectivity index (χ0v) is 11.8. The molecule has 0 rings (SSSR count). The Morgan fingerprint density at radius 1 is 1.12 bits per heavy atom. The van der Waals surface area contributed by atoms with E-state index >= 15 is 0 Å². The molecule has 0 aromatic carbocycles. The second-order valence-corrected chi connectivity index (χ2v) is 5.11. The monoisotopic (exact) mass is 228 g/mol. The van der Waals surface area contributed by atoms with Crippen LogP contribution in [0.1, 0.15) is 59.3 Å². The third-order valence-electron chi connectivity index (χ3n) is 3.74. The average Bonchev–Trinajstić information content (AvgIpc) is 2.28. The molecule has 0 amide bonds. The molecule has 0 aliphatic carbocycles. The van der Waals surface area contributed by atoms with Gasteiger partial charge in [-0.25, -0.2) is 0 Å². The van der Waals surface area contributed by atoms with Crippen molar-refractivity contribution in [3.63, 3.8) is 0 Å². The van der Waals surface area contributed by atoms with E-state index in [1.54, 1.807) is 0 Å². The summed E-state index contributed by atoms with van der Waals surface area (Å²) >= 11 is 0. The summed E-state index contributed by atoms with van der Waals surface area (Å²) in [4.78, 5) is 2.48. The number of hydrogen-bond donors (Lipinski definition) is 1. The van der Waals surface area contributed by atoms with Gasteiger partial charge in [0.05, 0.1) is 0 Å². The number of rotatable bonds is 10. The molecule has 0 radical (unpaired) electrons. The predicted octanol–water partition coefficient (Wildman–Crippen LogP) is 3.26. The minimum Gasteiger partial charge on any atom is -0.330 e. The van der Waals surface area contributed by atoms with Gasteiger partial charge in [0.25, 0.3) is 0 Å². The zero-order valence-electron chi connectivity index (χ0n) is 11.8. The van der Waals surface area contributed by atoms with E-state index in [-0.39, 0.29) is 0 Å². The molecule has 0 aromatic heterocycles. The molecule has 0 aliphatic heterocycles. The molecule has 0 bridgehead atoms. The van der Waals surface area contributed by atoms with Gasteiger partial charge >= 0.3 is 0 Å². The van der Waals surface area contributed by atoms with Gasteiger partial charge in [-0.05, 0) is 58.7 Å². The van der Waals surface area contributed by atoms with Crippen molar-refractivity contribution in [1.29, 1.82) is 0 Å². The van der Waals surface area contributed by atoms with Crippen molar-refractivity contribution in [1.82, 2.24) is 4.90 Å². The van der Waals surface area contributed by atoms with Crippen molar-refractivity contribution in [2.45, 2.75) is 65.3 Å². The maximum atomic E-state index is 5.65. The first-order chi connectivity index (χ1) is 7.65. The Hall–Kier alpha value is -0.0800. The molecule has 0 spiro atoms. The van der Waals surface area contributed by atoms with Crippen LogP contribution in [0.4, 0.5) is 0 Å². The van der Waals surface area contributed by atoms with Gasteiger partial charge in [0, 0.05) is 6.04 Å². The Morgan fingerprint density at radius 3 is 2.31 bits per heavy atom. The Morgan fingerprint density at radius 2 is 1.81 bits per heavy atom. The largest absolute Gasteiger partial charge is 0.330 e. The maximum absolute atomic E-state index is 5.65. The summed E-state index contributed by atoms with van der Waals surface area (Å²) in [6.45, 7) is 8.93. The van der Waals surface area contributed by atoms with Crippen molar-refractivity contribution >= 4 is 0 Å². The Labute approximate surface area is 103 Å². The van der Waals surface area contributed by atoms with E-state index < -0.39 is 0 Å². The molecule has 0 saturated carbocycles. The van der Waals surface area contributed by atoms with Crippen LogP contribution in [0.5, 0.6) is 0 Å². The first kappa shape index (κ1) is 15.9. The number of nitrogens with two attached hydrogens (primary N) is 1. The molecule has 2 heteroatoms. The number of hydrogen-bond acceptors (Lipinski definition) is 2. The molecule has 0 heterocycles. The molecule has 0 saturated heterocycles. The molecular formula is C14H32N2. The van der Waals surface area contributed by atoms with E-state index in [1.165, 1.54) is 45.1 Å². The highest BCUT2D eigenvalue weighted by Crippen LogP contribution is 2.17. The van der Waals surface area contributed by atoms with Gasteiger partial charge in [-0.3, -0.25) is 0 Å². The quantitative estimate of drug-likeness (QED) is 0.622. The first-order valence-corrected chi connectivity index (χ1v) is 7.05. The van der Waals surface area contributed by atoms with Gasteiger partial charge < -0.3 is 10.6 Å². The van der Waals surface area contributed by atoms with E-state index in [4.69, 9.17) is 5.73 Å². The molecular weight excluding hydrogens is 196 g/mol. The fraction of sp³-hybridized carbons (Fsp3) is 1.00. The Bertz CT molecular complexity index is 142. The van der Waals surface area contributed by atoms with Crippen molar-refractivity contribution < 1.29 is 0 Å². The third-order valence-corrected chi connectivity index (χ3v) is 3.74. The van der Waals surface area contributed by atoms with Crippen molar-refractivity contribution in [2.24, 2.45) is 11.7 Å². The highest BCUT2D eigenvalue weighted by atomic mass is 15.1. The highest BCUT2D eigenvalue weighted by Gasteiger charge is 2.09. The van der Waals surface area contributed by atoms with Gasteiger partial charge in [-0.2, -0.15) is 0 Å². The molecule has 2 atom stereocenters. The molecule has 0 aromatic rings. The highest BCUT2D eigenvalue weighted by molar-refractivity contribution is 4.64. The minimum atomic E-state index is 0.721. The lowest BCUT2D eigenvalue weighted by Gasteiger charge is -2.24. The molecule has 2 unspecified atom stereocenters. The lowest BCUT2D eigenvalue weighted by Crippen LogP contribution is -2.29. The van der Waals surface area contributed by atoms with Crippen LogP contribution in [0, 0.1) is 5.92 Å². The van der Waals surface area contributed by atoms with E-state index in [0.717, 1.165) is 18.5 Å². The molecule has 2 nitrogen and oxygen atoms in total. The normalized spacial score (nSPS) is 15.4. The SMILES string of the molecule is CCCC(CCN)CCCN(C)C(C)CC. The molecule has 0 aliphatic rings. The van der Waals surface area contributed by atoms with Crippen LogP contribution < -0.4 is 5.73 Å². The molecule has 16 heavy (non-hydrogen) atoms.